The third-order valence-electron chi connectivity index (χ3n) is 3.27. The molecule has 0 spiro atoms. The van der Waals surface area contributed by atoms with Crippen molar-refractivity contribution in [2.45, 2.75) is 19.3 Å². The summed E-state index contributed by atoms with van der Waals surface area (Å²) in [4.78, 5) is 0. The molecule has 0 aromatic heterocycles. The lowest BCUT2D eigenvalue weighted by Crippen LogP contribution is -2.07. The zero-order valence-electron chi connectivity index (χ0n) is 11.5. The van der Waals surface area contributed by atoms with Crippen molar-refractivity contribution in [1.29, 1.82) is 0 Å². The number of benzene rings is 2. The standard InChI is InChI=1S/C17H18Br2O/c1-13-5-7-14(8-6-13)15(12-18)9-10-20-17-4-2-3-16(19)11-17/h2-8,11,15H,9-10,12H2,1H3. The molecule has 0 saturated carbocycles. The zero-order chi connectivity index (χ0) is 14.4. The first-order chi connectivity index (χ1) is 9.69. The molecular weight excluding hydrogens is 380 g/mol. The fraction of sp³-hybridized carbons (Fsp3) is 0.294. The van der Waals surface area contributed by atoms with Crippen molar-refractivity contribution in [2.24, 2.45) is 0 Å². The average molecular weight is 398 g/mol. The Bertz CT molecular complexity index is 537. The Balaban J connectivity index is 1.89. The van der Waals surface area contributed by atoms with Crippen molar-refractivity contribution in [1.82, 2.24) is 0 Å². The Hall–Kier alpha value is -0.800. The number of ether oxygens (including phenoxy) is 1. The summed E-state index contributed by atoms with van der Waals surface area (Å²) in [5, 5.41) is 0.956. The van der Waals surface area contributed by atoms with Crippen LogP contribution in [0.2, 0.25) is 0 Å². The Kier molecular flexibility index (Phi) is 6.11. The predicted molar refractivity (Wildman–Crippen MR) is 92.0 cm³/mol. The Morgan fingerprint density at radius 3 is 2.50 bits per heavy atom. The summed E-state index contributed by atoms with van der Waals surface area (Å²) in [5.41, 5.74) is 2.66. The van der Waals surface area contributed by atoms with E-state index in [1.165, 1.54) is 11.1 Å². The van der Waals surface area contributed by atoms with Crippen LogP contribution in [0.3, 0.4) is 0 Å². The Morgan fingerprint density at radius 2 is 1.85 bits per heavy atom. The predicted octanol–water partition coefficient (Wildman–Crippen LogP) is 5.71. The summed E-state index contributed by atoms with van der Waals surface area (Å²) in [5.74, 6) is 1.40. The molecule has 0 radical (unpaired) electrons. The van der Waals surface area contributed by atoms with E-state index in [1.54, 1.807) is 0 Å². The van der Waals surface area contributed by atoms with Gasteiger partial charge >= 0.3 is 0 Å². The molecule has 0 fully saturated rings. The lowest BCUT2D eigenvalue weighted by Gasteiger charge is -2.15. The lowest BCUT2D eigenvalue weighted by molar-refractivity contribution is 0.301. The van der Waals surface area contributed by atoms with Gasteiger partial charge in [0.1, 0.15) is 5.75 Å². The molecule has 0 saturated heterocycles. The third-order valence-corrected chi connectivity index (χ3v) is 4.54. The third kappa shape index (κ3) is 4.64. The van der Waals surface area contributed by atoms with E-state index in [-0.39, 0.29) is 0 Å². The molecule has 1 nitrogen and oxygen atoms in total. The van der Waals surface area contributed by atoms with Crippen molar-refractivity contribution in [2.75, 3.05) is 11.9 Å². The maximum absolute atomic E-state index is 5.81. The molecule has 0 bridgehead atoms. The highest BCUT2D eigenvalue weighted by Gasteiger charge is 2.10. The molecule has 106 valence electrons. The monoisotopic (exact) mass is 396 g/mol. The topological polar surface area (TPSA) is 9.23 Å². The van der Waals surface area contributed by atoms with Crippen LogP contribution in [0.25, 0.3) is 0 Å². The molecule has 1 unspecified atom stereocenters. The van der Waals surface area contributed by atoms with Crippen LogP contribution in [0, 0.1) is 6.92 Å². The number of alkyl halides is 1. The van der Waals surface area contributed by atoms with Gasteiger partial charge in [0, 0.05) is 9.80 Å². The van der Waals surface area contributed by atoms with Crippen LogP contribution in [0.4, 0.5) is 0 Å². The van der Waals surface area contributed by atoms with E-state index >= 15 is 0 Å². The van der Waals surface area contributed by atoms with E-state index in [2.05, 4.69) is 63.0 Å². The second-order valence-electron chi connectivity index (χ2n) is 4.86. The van der Waals surface area contributed by atoms with Crippen LogP contribution in [-0.4, -0.2) is 11.9 Å². The largest absolute Gasteiger partial charge is 0.494 e. The van der Waals surface area contributed by atoms with Crippen LogP contribution < -0.4 is 4.74 Å². The van der Waals surface area contributed by atoms with Gasteiger partial charge in [-0.2, -0.15) is 0 Å². The highest BCUT2D eigenvalue weighted by atomic mass is 79.9. The average Bonchev–Trinajstić information content (AvgIpc) is 2.45. The fourth-order valence-electron chi connectivity index (χ4n) is 2.05. The molecule has 0 N–H and O–H groups in total. The summed E-state index contributed by atoms with van der Waals surface area (Å²) >= 11 is 7.06. The number of halogens is 2. The molecule has 2 aromatic rings. The molecule has 0 amide bonds. The summed E-state index contributed by atoms with van der Waals surface area (Å²) in [6.45, 7) is 2.84. The van der Waals surface area contributed by atoms with E-state index in [0.29, 0.717) is 5.92 Å². The second-order valence-corrected chi connectivity index (χ2v) is 6.42. The highest BCUT2D eigenvalue weighted by Crippen LogP contribution is 2.24. The molecule has 2 aromatic carbocycles. The fourth-order valence-corrected chi connectivity index (χ4v) is 3.12. The Labute approximate surface area is 137 Å². The number of rotatable bonds is 6. The van der Waals surface area contributed by atoms with Gasteiger partial charge < -0.3 is 4.74 Å². The van der Waals surface area contributed by atoms with Crippen LogP contribution in [0.1, 0.15) is 23.5 Å². The van der Waals surface area contributed by atoms with Gasteiger partial charge in [0.15, 0.2) is 0 Å². The van der Waals surface area contributed by atoms with Crippen molar-refractivity contribution >= 4 is 31.9 Å². The lowest BCUT2D eigenvalue weighted by atomic mass is 9.97. The van der Waals surface area contributed by atoms with Crippen LogP contribution in [0.15, 0.2) is 53.0 Å². The van der Waals surface area contributed by atoms with Gasteiger partial charge in [-0.05, 0) is 43.0 Å². The van der Waals surface area contributed by atoms with E-state index in [1.807, 2.05) is 24.3 Å². The quantitative estimate of drug-likeness (QED) is 0.567. The van der Waals surface area contributed by atoms with E-state index in [9.17, 15) is 0 Å². The summed E-state index contributed by atoms with van der Waals surface area (Å²) in [6, 6.07) is 16.7. The molecule has 0 aliphatic rings. The zero-order valence-corrected chi connectivity index (χ0v) is 14.7. The number of aryl methyl sites for hydroxylation is 1. The van der Waals surface area contributed by atoms with Gasteiger partial charge in [-0.3, -0.25) is 0 Å². The van der Waals surface area contributed by atoms with Crippen molar-refractivity contribution in [3.05, 3.63) is 64.1 Å². The maximum Gasteiger partial charge on any atom is 0.120 e. The Morgan fingerprint density at radius 1 is 1.10 bits per heavy atom. The molecular formula is C17H18Br2O. The van der Waals surface area contributed by atoms with Crippen LogP contribution >= 0.6 is 31.9 Å². The maximum atomic E-state index is 5.81. The number of hydrogen-bond donors (Lipinski definition) is 0. The normalized spacial score (nSPS) is 12.2. The van der Waals surface area contributed by atoms with Gasteiger partial charge in [0.2, 0.25) is 0 Å². The first kappa shape index (κ1) is 15.6. The molecule has 0 aliphatic carbocycles. The van der Waals surface area contributed by atoms with E-state index in [4.69, 9.17) is 4.74 Å². The smallest absolute Gasteiger partial charge is 0.120 e. The van der Waals surface area contributed by atoms with E-state index < -0.39 is 0 Å². The minimum atomic E-state index is 0.489. The number of hydrogen-bond acceptors (Lipinski definition) is 1. The van der Waals surface area contributed by atoms with Crippen molar-refractivity contribution < 1.29 is 4.74 Å². The molecule has 20 heavy (non-hydrogen) atoms. The molecule has 1 atom stereocenters. The first-order valence-electron chi connectivity index (χ1n) is 6.70. The second kappa shape index (κ2) is 7.84. The van der Waals surface area contributed by atoms with Crippen LogP contribution in [-0.2, 0) is 0 Å². The van der Waals surface area contributed by atoms with Crippen molar-refractivity contribution in [3.63, 3.8) is 0 Å². The summed E-state index contributed by atoms with van der Waals surface area (Å²) in [6.07, 6.45) is 1.00. The minimum absolute atomic E-state index is 0.489. The highest BCUT2D eigenvalue weighted by molar-refractivity contribution is 9.10. The molecule has 2 rings (SSSR count). The summed E-state index contributed by atoms with van der Waals surface area (Å²) < 4.78 is 6.86. The van der Waals surface area contributed by atoms with Gasteiger partial charge in [-0.1, -0.05) is 67.8 Å². The molecule has 3 heteroatoms. The van der Waals surface area contributed by atoms with Crippen molar-refractivity contribution in [3.8, 4) is 5.75 Å². The van der Waals surface area contributed by atoms with Gasteiger partial charge in [-0.25, -0.2) is 0 Å². The molecule has 0 heterocycles. The minimum Gasteiger partial charge on any atom is -0.494 e. The molecule has 0 aliphatic heterocycles. The van der Waals surface area contributed by atoms with Crippen LogP contribution in [0.5, 0.6) is 5.75 Å². The first-order valence-corrected chi connectivity index (χ1v) is 8.61. The SMILES string of the molecule is Cc1ccc(C(CBr)CCOc2cccc(Br)c2)cc1. The summed E-state index contributed by atoms with van der Waals surface area (Å²) in [7, 11) is 0. The van der Waals surface area contributed by atoms with Gasteiger partial charge in [0.05, 0.1) is 6.61 Å². The van der Waals surface area contributed by atoms with Gasteiger partial charge in [0.25, 0.3) is 0 Å². The van der Waals surface area contributed by atoms with E-state index in [0.717, 1.165) is 28.6 Å². The van der Waals surface area contributed by atoms with Gasteiger partial charge in [-0.15, -0.1) is 0 Å².